The maximum Gasteiger partial charge on any atom is 0.0655 e. The number of hydrogen-bond donors (Lipinski definition) is 0. The number of nitrogens with zero attached hydrogens (tertiary/aromatic N) is 1. The van der Waals surface area contributed by atoms with Gasteiger partial charge in [-0.15, -0.1) is 0 Å². The number of hydrogen-bond acceptors (Lipinski definition) is 1. The quantitative estimate of drug-likeness (QED) is 0.645. The Hall–Kier alpha value is -1.11. The fraction of sp³-hybridized carbons (Fsp3) is 0.500. The van der Waals surface area contributed by atoms with Crippen LogP contribution in [0.3, 0.4) is 0 Å². The summed E-state index contributed by atoms with van der Waals surface area (Å²) < 4.78 is 0. The molecule has 0 aliphatic rings. The third kappa shape index (κ3) is 6.89. The van der Waals surface area contributed by atoms with Crippen molar-refractivity contribution in [3.63, 3.8) is 0 Å². The highest BCUT2D eigenvalue weighted by molar-refractivity contribution is 5.48. The van der Waals surface area contributed by atoms with Crippen LogP contribution in [-0.4, -0.2) is 4.98 Å². The molecule has 1 heterocycles. The molecule has 1 aromatic heterocycles. The summed E-state index contributed by atoms with van der Waals surface area (Å²) in [5.74, 6) is 0. The van der Waals surface area contributed by atoms with Gasteiger partial charge in [-0.25, -0.2) is 0 Å². The van der Waals surface area contributed by atoms with Crippen LogP contribution in [0.5, 0.6) is 0 Å². The first-order valence-electron chi connectivity index (χ1n) is 5.80. The molecule has 0 atom stereocenters. The number of allylic oxidation sites excluding steroid dienone is 1. The van der Waals surface area contributed by atoms with Gasteiger partial charge < -0.3 is 0 Å². The topological polar surface area (TPSA) is 12.9 Å². The van der Waals surface area contributed by atoms with E-state index >= 15 is 0 Å². The fourth-order valence-electron chi connectivity index (χ4n) is 1.06. The van der Waals surface area contributed by atoms with Crippen LogP contribution in [0.15, 0.2) is 18.3 Å². The van der Waals surface area contributed by atoms with Crippen molar-refractivity contribution in [2.75, 3.05) is 0 Å². The molecule has 0 unspecified atom stereocenters. The zero-order chi connectivity index (χ0) is 12.3. The van der Waals surface area contributed by atoms with Crippen LogP contribution < -0.4 is 0 Å². The van der Waals surface area contributed by atoms with Crippen LogP contribution in [0.1, 0.15) is 51.4 Å². The Labute approximate surface area is 95.3 Å². The lowest BCUT2D eigenvalue weighted by molar-refractivity contribution is 1.19. The third-order valence-electron chi connectivity index (χ3n) is 1.58. The molecular weight excluding hydrogens is 182 g/mol. The van der Waals surface area contributed by atoms with Gasteiger partial charge in [-0.2, -0.15) is 0 Å². The van der Waals surface area contributed by atoms with Gasteiger partial charge in [0.1, 0.15) is 0 Å². The lowest BCUT2D eigenvalue weighted by Gasteiger charge is -1.99. The van der Waals surface area contributed by atoms with Crippen LogP contribution in [0, 0.1) is 13.8 Å². The minimum Gasteiger partial charge on any atom is -0.256 e. The molecule has 1 heteroatoms. The second-order valence-corrected chi connectivity index (χ2v) is 2.71. The van der Waals surface area contributed by atoms with E-state index in [1.54, 1.807) is 0 Å². The summed E-state index contributed by atoms with van der Waals surface area (Å²) in [7, 11) is 0. The minimum absolute atomic E-state index is 1.07. The Morgan fingerprint density at radius 3 is 2.00 bits per heavy atom. The molecule has 0 aliphatic heterocycles. The maximum atomic E-state index is 4.28. The predicted octanol–water partition coefficient (Wildman–Crippen LogP) is 4.78. The summed E-state index contributed by atoms with van der Waals surface area (Å²) >= 11 is 0. The largest absolute Gasteiger partial charge is 0.256 e. The van der Waals surface area contributed by atoms with Gasteiger partial charge in [0.05, 0.1) is 5.69 Å². The van der Waals surface area contributed by atoms with E-state index < -0.39 is 0 Å². The highest BCUT2D eigenvalue weighted by Gasteiger charge is 1.93. The van der Waals surface area contributed by atoms with E-state index in [1.807, 2.05) is 53.0 Å². The molecule has 0 bridgehead atoms. The van der Waals surface area contributed by atoms with Gasteiger partial charge in [0, 0.05) is 6.20 Å². The van der Waals surface area contributed by atoms with E-state index in [2.05, 4.69) is 24.9 Å². The monoisotopic (exact) mass is 207 g/mol. The summed E-state index contributed by atoms with van der Waals surface area (Å²) in [5, 5.41) is 0. The smallest absolute Gasteiger partial charge is 0.0655 e. The molecular formula is C14H25N. The fourth-order valence-corrected chi connectivity index (χ4v) is 1.06. The normalized spacial score (nSPS) is 8.73. The van der Waals surface area contributed by atoms with E-state index in [9.17, 15) is 0 Å². The summed E-state index contributed by atoms with van der Waals surface area (Å²) in [6.07, 6.45) is 5.92. The van der Waals surface area contributed by atoms with Crippen molar-refractivity contribution in [2.24, 2.45) is 0 Å². The number of aryl methyl sites for hydroxylation is 2. The van der Waals surface area contributed by atoms with E-state index in [1.165, 1.54) is 11.1 Å². The van der Waals surface area contributed by atoms with Gasteiger partial charge in [-0.1, -0.05) is 39.8 Å². The van der Waals surface area contributed by atoms with Gasteiger partial charge in [0.2, 0.25) is 0 Å². The van der Waals surface area contributed by atoms with Gasteiger partial charge >= 0.3 is 0 Å². The van der Waals surface area contributed by atoms with Crippen molar-refractivity contribution in [1.82, 2.24) is 4.98 Å². The van der Waals surface area contributed by atoms with Crippen molar-refractivity contribution in [3.8, 4) is 0 Å². The minimum atomic E-state index is 1.07. The molecule has 0 fully saturated rings. The lowest BCUT2D eigenvalue weighted by atomic mass is 10.1. The highest BCUT2D eigenvalue weighted by Crippen LogP contribution is 2.07. The standard InChI is InChI=1S/C10H13N.2C2H6/c1-4-5-10-9(3)6-8(2)7-11-10;2*1-2/h4-7H,1-3H3;2*1-2H3/b5-4-;;. The van der Waals surface area contributed by atoms with Gasteiger partial charge in [-0.05, 0) is 38.0 Å². The first-order chi connectivity index (χ1) is 7.24. The van der Waals surface area contributed by atoms with Gasteiger partial charge in [-0.3, -0.25) is 4.98 Å². The van der Waals surface area contributed by atoms with Gasteiger partial charge in [0.15, 0.2) is 0 Å². The predicted molar refractivity (Wildman–Crippen MR) is 71.1 cm³/mol. The molecule has 15 heavy (non-hydrogen) atoms. The van der Waals surface area contributed by atoms with Crippen LogP contribution >= 0.6 is 0 Å². The van der Waals surface area contributed by atoms with Crippen molar-refractivity contribution in [1.29, 1.82) is 0 Å². The van der Waals surface area contributed by atoms with E-state index in [0.29, 0.717) is 0 Å². The first kappa shape index (κ1) is 16.3. The third-order valence-corrected chi connectivity index (χ3v) is 1.58. The molecule has 0 amide bonds. The molecule has 0 aliphatic carbocycles. The molecule has 86 valence electrons. The number of aromatic nitrogens is 1. The zero-order valence-corrected chi connectivity index (χ0v) is 11.3. The Balaban J connectivity index is 0. The summed E-state index contributed by atoms with van der Waals surface area (Å²) in [4.78, 5) is 4.28. The molecule has 0 saturated heterocycles. The van der Waals surface area contributed by atoms with Crippen molar-refractivity contribution in [2.45, 2.75) is 48.5 Å². The summed E-state index contributed by atoms with van der Waals surface area (Å²) in [6.45, 7) is 14.1. The number of pyridine rings is 1. The molecule has 0 radical (unpaired) electrons. The summed E-state index contributed by atoms with van der Waals surface area (Å²) in [5.41, 5.74) is 3.52. The van der Waals surface area contributed by atoms with Crippen LogP contribution in [-0.2, 0) is 0 Å². The SMILES string of the molecule is C/C=C\c1ncc(C)cc1C.CC.CC. The Kier molecular flexibility index (Phi) is 11.9. The van der Waals surface area contributed by atoms with Crippen molar-refractivity contribution in [3.05, 3.63) is 35.2 Å². The van der Waals surface area contributed by atoms with Crippen molar-refractivity contribution >= 4 is 6.08 Å². The Morgan fingerprint density at radius 1 is 1.07 bits per heavy atom. The Bertz CT molecular complexity index is 275. The van der Waals surface area contributed by atoms with E-state index in [-0.39, 0.29) is 0 Å². The second-order valence-electron chi connectivity index (χ2n) is 2.71. The lowest BCUT2D eigenvalue weighted by Crippen LogP contribution is -1.86. The molecule has 0 saturated carbocycles. The summed E-state index contributed by atoms with van der Waals surface area (Å²) in [6, 6.07) is 2.14. The van der Waals surface area contributed by atoms with Crippen LogP contribution in [0.2, 0.25) is 0 Å². The zero-order valence-electron chi connectivity index (χ0n) is 11.3. The second kappa shape index (κ2) is 11.0. The molecule has 0 N–H and O–H groups in total. The van der Waals surface area contributed by atoms with Crippen LogP contribution in [0.4, 0.5) is 0 Å². The highest BCUT2D eigenvalue weighted by atomic mass is 14.7. The molecule has 0 aromatic carbocycles. The number of rotatable bonds is 1. The van der Waals surface area contributed by atoms with E-state index in [0.717, 1.165) is 5.69 Å². The van der Waals surface area contributed by atoms with E-state index in [4.69, 9.17) is 0 Å². The average Bonchev–Trinajstić information content (AvgIpc) is 2.28. The first-order valence-corrected chi connectivity index (χ1v) is 5.80. The van der Waals surface area contributed by atoms with Gasteiger partial charge in [0.25, 0.3) is 0 Å². The molecule has 1 aromatic rings. The average molecular weight is 207 g/mol. The molecule has 0 spiro atoms. The Morgan fingerprint density at radius 2 is 1.60 bits per heavy atom. The maximum absolute atomic E-state index is 4.28. The molecule has 1 nitrogen and oxygen atoms in total. The van der Waals surface area contributed by atoms with Crippen molar-refractivity contribution < 1.29 is 0 Å². The van der Waals surface area contributed by atoms with Crippen LogP contribution in [0.25, 0.3) is 6.08 Å². The molecule has 1 rings (SSSR count).